The fourth-order valence-electron chi connectivity index (χ4n) is 3.49. The van der Waals surface area contributed by atoms with Crippen LogP contribution in [0.15, 0.2) is 0 Å². The molecule has 2 bridgehead atoms. The Labute approximate surface area is 116 Å². The van der Waals surface area contributed by atoms with Gasteiger partial charge < -0.3 is 15.4 Å². The molecule has 0 aromatic carbocycles. The zero-order valence-electron chi connectivity index (χ0n) is 12.2. The van der Waals surface area contributed by atoms with Crippen molar-refractivity contribution in [1.82, 2.24) is 15.5 Å². The summed E-state index contributed by atoms with van der Waals surface area (Å²) in [5.41, 5.74) is 0. The quantitative estimate of drug-likeness (QED) is 0.655. The monoisotopic (exact) mass is 269 g/mol. The predicted octanol–water partition coefficient (Wildman–Crippen LogP) is 0.354. The molecule has 1 amide bonds. The maximum Gasteiger partial charge on any atom is 0.221 e. The number of amides is 1. The van der Waals surface area contributed by atoms with Gasteiger partial charge in [-0.25, -0.2) is 0 Å². The van der Waals surface area contributed by atoms with Crippen LogP contribution in [-0.4, -0.2) is 62.8 Å². The summed E-state index contributed by atoms with van der Waals surface area (Å²) in [5, 5.41) is 6.29. The van der Waals surface area contributed by atoms with Crippen LogP contribution in [0.1, 0.15) is 32.1 Å². The molecule has 2 rings (SSSR count). The number of rotatable bonds is 7. The van der Waals surface area contributed by atoms with Crippen molar-refractivity contribution in [2.45, 2.75) is 50.2 Å². The maximum atomic E-state index is 11.7. The number of nitrogens with one attached hydrogen (secondary N) is 2. The van der Waals surface area contributed by atoms with E-state index in [4.69, 9.17) is 4.74 Å². The summed E-state index contributed by atoms with van der Waals surface area (Å²) >= 11 is 0. The van der Waals surface area contributed by atoms with Crippen LogP contribution in [0.25, 0.3) is 0 Å². The van der Waals surface area contributed by atoms with Gasteiger partial charge in [0.15, 0.2) is 0 Å². The Bertz CT molecular complexity index is 284. The molecular weight excluding hydrogens is 242 g/mol. The molecule has 2 atom stereocenters. The molecule has 2 fully saturated rings. The molecule has 5 heteroatoms. The second-order valence-electron chi connectivity index (χ2n) is 5.67. The van der Waals surface area contributed by atoms with Gasteiger partial charge in [-0.1, -0.05) is 0 Å². The first-order valence-corrected chi connectivity index (χ1v) is 7.43. The van der Waals surface area contributed by atoms with E-state index in [1.54, 1.807) is 7.11 Å². The lowest BCUT2D eigenvalue weighted by Gasteiger charge is -2.38. The van der Waals surface area contributed by atoms with E-state index in [9.17, 15) is 4.79 Å². The van der Waals surface area contributed by atoms with Gasteiger partial charge in [-0.3, -0.25) is 9.69 Å². The van der Waals surface area contributed by atoms with Gasteiger partial charge in [-0.2, -0.15) is 0 Å². The lowest BCUT2D eigenvalue weighted by Crippen LogP contribution is -2.49. The van der Waals surface area contributed by atoms with Gasteiger partial charge in [0.1, 0.15) is 0 Å². The van der Waals surface area contributed by atoms with Gasteiger partial charge in [0.05, 0.1) is 6.61 Å². The molecule has 2 aliphatic rings. The van der Waals surface area contributed by atoms with Crippen molar-refractivity contribution in [3.8, 4) is 0 Å². The molecule has 0 aromatic rings. The number of nitrogens with zero attached hydrogens (tertiary/aromatic N) is 1. The average Bonchev–Trinajstić information content (AvgIpc) is 2.66. The Balaban J connectivity index is 1.71. The molecule has 19 heavy (non-hydrogen) atoms. The van der Waals surface area contributed by atoms with Crippen molar-refractivity contribution in [3.63, 3.8) is 0 Å². The molecule has 0 aromatic heterocycles. The summed E-state index contributed by atoms with van der Waals surface area (Å²) in [4.78, 5) is 14.3. The van der Waals surface area contributed by atoms with Crippen LogP contribution in [0.2, 0.25) is 0 Å². The fourth-order valence-corrected chi connectivity index (χ4v) is 3.49. The van der Waals surface area contributed by atoms with Gasteiger partial charge in [0.2, 0.25) is 5.91 Å². The number of fused-ring (bicyclic) bond motifs is 2. The molecule has 2 unspecified atom stereocenters. The number of hydrogen-bond acceptors (Lipinski definition) is 4. The van der Waals surface area contributed by atoms with Gasteiger partial charge in [0, 0.05) is 44.7 Å². The van der Waals surface area contributed by atoms with E-state index in [0.717, 1.165) is 6.54 Å². The van der Waals surface area contributed by atoms with E-state index in [1.807, 2.05) is 0 Å². The molecule has 0 aliphatic carbocycles. The normalized spacial score (nSPS) is 30.5. The summed E-state index contributed by atoms with van der Waals surface area (Å²) in [6, 6.07) is 2.04. The van der Waals surface area contributed by atoms with Crippen LogP contribution in [0.5, 0.6) is 0 Å². The minimum Gasteiger partial charge on any atom is -0.383 e. The van der Waals surface area contributed by atoms with Crippen molar-refractivity contribution < 1.29 is 9.53 Å². The molecule has 2 N–H and O–H groups in total. The molecule has 2 aliphatic heterocycles. The highest BCUT2D eigenvalue weighted by Crippen LogP contribution is 2.35. The summed E-state index contributed by atoms with van der Waals surface area (Å²) in [6.45, 7) is 2.11. The van der Waals surface area contributed by atoms with Crippen LogP contribution in [0, 0.1) is 0 Å². The largest absolute Gasteiger partial charge is 0.383 e. The predicted molar refractivity (Wildman–Crippen MR) is 75.1 cm³/mol. The lowest BCUT2D eigenvalue weighted by atomic mass is 9.97. The minimum atomic E-state index is 0.146. The molecule has 2 heterocycles. The number of carbonyl (C=O) groups excluding carboxylic acids is 1. The Morgan fingerprint density at radius 2 is 2.00 bits per heavy atom. The number of ether oxygens (including phenoxy) is 1. The number of carbonyl (C=O) groups is 1. The molecule has 110 valence electrons. The number of methoxy groups -OCH3 is 1. The van der Waals surface area contributed by atoms with E-state index >= 15 is 0 Å². The Hall–Kier alpha value is -0.650. The molecule has 2 saturated heterocycles. The summed E-state index contributed by atoms with van der Waals surface area (Å²) < 4.78 is 4.92. The minimum absolute atomic E-state index is 0.146. The van der Waals surface area contributed by atoms with E-state index < -0.39 is 0 Å². The number of piperidine rings is 1. The first-order valence-electron chi connectivity index (χ1n) is 7.43. The zero-order valence-corrected chi connectivity index (χ0v) is 12.2. The molecular formula is C14H27N3O2. The van der Waals surface area contributed by atoms with Crippen LogP contribution in [0.3, 0.4) is 0 Å². The second-order valence-corrected chi connectivity index (χ2v) is 5.67. The first-order chi connectivity index (χ1) is 9.24. The van der Waals surface area contributed by atoms with E-state index in [-0.39, 0.29) is 5.91 Å². The van der Waals surface area contributed by atoms with Crippen molar-refractivity contribution >= 4 is 5.91 Å². The van der Waals surface area contributed by atoms with Gasteiger partial charge in [-0.15, -0.1) is 0 Å². The molecule has 5 nitrogen and oxygen atoms in total. The topological polar surface area (TPSA) is 53.6 Å². The summed E-state index contributed by atoms with van der Waals surface area (Å²) in [5.74, 6) is 0.146. The van der Waals surface area contributed by atoms with Crippen LogP contribution >= 0.6 is 0 Å². The average molecular weight is 269 g/mol. The van der Waals surface area contributed by atoms with Gasteiger partial charge >= 0.3 is 0 Å². The van der Waals surface area contributed by atoms with Gasteiger partial charge in [0.25, 0.3) is 0 Å². The van der Waals surface area contributed by atoms with Crippen molar-refractivity contribution in [2.75, 3.05) is 33.9 Å². The molecule has 0 spiro atoms. The lowest BCUT2D eigenvalue weighted by molar-refractivity contribution is -0.121. The van der Waals surface area contributed by atoms with E-state index in [1.165, 1.54) is 25.7 Å². The Morgan fingerprint density at radius 1 is 1.32 bits per heavy atom. The zero-order chi connectivity index (χ0) is 13.7. The maximum absolute atomic E-state index is 11.7. The van der Waals surface area contributed by atoms with E-state index in [2.05, 4.69) is 22.6 Å². The number of hydrogen-bond donors (Lipinski definition) is 2. The second kappa shape index (κ2) is 7.22. The first kappa shape index (κ1) is 14.8. The highest BCUT2D eigenvalue weighted by Gasteiger charge is 2.39. The van der Waals surface area contributed by atoms with Crippen molar-refractivity contribution in [1.29, 1.82) is 0 Å². The third-order valence-electron chi connectivity index (χ3n) is 4.52. The third kappa shape index (κ3) is 3.91. The van der Waals surface area contributed by atoms with Crippen LogP contribution in [0.4, 0.5) is 0 Å². The summed E-state index contributed by atoms with van der Waals surface area (Å²) in [7, 11) is 3.71. The standard InChI is InChI=1S/C14H27N3O2/c1-15-11-9-12-3-4-13(10-11)17(12)7-5-14(18)16-6-8-19-2/h11-13,15H,3-10H2,1-2H3,(H,16,18). The smallest absolute Gasteiger partial charge is 0.221 e. The van der Waals surface area contributed by atoms with E-state index in [0.29, 0.717) is 37.7 Å². The SMILES string of the molecule is CNC1CC2CCC(C1)N2CCC(=O)NCCOC. The Morgan fingerprint density at radius 3 is 2.58 bits per heavy atom. The Kier molecular flexibility index (Phi) is 5.60. The fraction of sp³-hybridized carbons (Fsp3) is 0.929. The van der Waals surface area contributed by atoms with Crippen LogP contribution in [-0.2, 0) is 9.53 Å². The summed E-state index contributed by atoms with van der Waals surface area (Å²) in [6.07, 6.45) is 5.68. The third-order valence-corrected chi connectivity index (χ3v) is 4.52. The highest BCUT2D eigenvalue weighted by atomic mass is 16.5. The highest BCUT2D eigenvalue weighted by molar-refractivity contribution is 5.76. The van der Waals surface area contributed by atoms with Gasteiger partial charge in [-0.05, 0) is 32.7 Å². The van der Waals surface area contributed by atoms with Crippen LogP contribution < -0.4 is 10.6 Å². The van der Waals surface area contributed by atoms with Crippen molar-refractivity contribution in [3.05, 3.63) is 0 Å². The molecule has 0 saturated carbocycles. The molecule has 0 radical (unpaired) electrons. The van der Waals surface area contributed by atoms with Crippen molar-refractivity contribution in [2.24, 2.45) is 0 Å².